The van der Waals surface area contributed by atoms with Crippen LogP contribution in [-0.2, 0) is 4.79 Å². The van der Waals surface area contributed by atoms with Gasteiger partial charge in [-0.2, -0.15) is 0 Å². The normalized spacial score (nSPS) is 22.3. The lowest BCUT2D eigenvalue weighted by Crippen LogP contribution is -2.46. The second kappa shape index (κ2) is 9.01. The maximum Gasteiger partial charge on any atom is 0.220 e. The van der Waals surface area contributed by atoms with Crippen molar-refractivity contribution in [3.63, 3.8) is 0 Å². The van der Waals surface area contributed by atoms with Crippen LogP contribution >= 0.6 is 12.4 Å². The zero-order chi connectivity index (χ0) is 15.2. The van der Waals surface area contributed by atoms with Crippen molar-refractivity contribution < 1.29 is 9.53 Å². The van der Waals surface area contributed by atoms with E-state index in [0.717, 1.165) is 30.7 Å². The summed E-state index contributed by atoms with van der Waals surface area (Å²) < 4.78 is 5.24. The van der Waals surface area contributed by atoms with Gasteiger partial charge >= 0.3 is 0 Å². The average Bonchev–Trinajstić information content (AvgIpc) is 2.47. The van der Waals surface area contributed by atoms with Gasteiger partial charge in [-0.15, -0.1) is 12.4 Å². The Morgan fingerprint density at radius 2 is 2.27 bits per heavy atom. The van der Waals surface area contributed by atoms with Crippen LogP contribution in [0.25, 0.3) is 0 Å². The fourth-order valence-electron chi connectivity index (χ4n) is 2.89. The Labute approximate surface area is 139 Å². The van der Waals surface area contributed by atoms with E-state index in [9.17, 15) is 4.79 Å². The summed E-state index contributed by atoms with van der Waals surface area (Å²) in [5, 5.41) is 6.57. The van der Waals surface area contributed by atoms with Crippen molar-refractivity contribution in [1.82, 2.24) is 10.6 Å². The minimum absolute atomic E-state index is 0. The summed E-state index contributed by atoms with van der Waals surface area (Å²) in [6, 6.07) is 8.74. The zero-order valence-corrected chi connectivity index (χ0v) is 14.4. The van der Waals surface area contributed by atoms with Gasteiger partial charge in [-0.1, -0.05) is 19.1 Å². The van der Waals surface area contributed by atoms with E-state index in [-0.39, 0.29) is 24.2 Å². The Bertz CT molecular complexity index is 481. The highest BCUT2D eigenvalue weighted by Gasteiger charge is 2.21. The molecule has 2 N–H and O–H groups in total. The Balaban J connectivity index is 0.00000242. The molecule has 0 aliphatic carbocycles. The van der Waals surface area contributed by atoms with Gasteiger partial charge in [0, 0.05) is 18.5 Å². The Hall–Kier alpha value is -1.26. The quantitative estimate of drug-likeness (QED) is 0.874. The Morgan fingerprint density at radius 1 is 1.50 bits per heavy atom. The van der Waals surface area contributed by atoms with Crippen LogP contribution in [0.3, 0.4) is 0 Å². The van der Waals surface area contributed by atoms with Crippen molar-refractivity contribution in [2.24, 2.45) is 0 Å². The molecule has 1 heterocycles. The van der Waals surface area contributed by atoms with E-state index in [1.54, 1.807) is 7.11 Å². The van der Waals surface area contributed by atoms with Gasteiger partial charge in [0.05, 0.1) is 7.11 Å². The lowest BCUT2D eigenvalue weighted by Gasteiger charge is -2.29. The number of amides is 1. The van der Waals surface area contributed by atoms with E-state index >= 15 is 0 Å². The van der Waals surface area contributed by atoms with Crippen molar-refractivity contribution in [3.05, 3.63) is 29.8 Å². The first-order chi connectivity index (χ1) is 10.1. The zero-order valence-electron chi connectivity index (χ0n) is 13.6. The molecule has 0 saturated carbocycles. The summed E-state index contributed by atoms with van der Waals surface area (Å²) in [4.78, 5) is 12.2. The molecule has 1 aromatic carbocycles. The van der Waals surface area contributed by atoms with E-state index in [4.69, 9.17) is 4.74 Å². The fourth-order valence-corrected chi connectivity index (χ4v) is 2.89. The summed E-state index contributed by atoms with van der Waals surface area (Å²) in [5.41, 5.74) is 1.14. The second-order valence-corrected chi connectivity index (χ2v) is 6.03. The SMILES string of the molecule is COc1cccc(C(C)CC(=O)NC2CCNC(C)C2)c1.Cl. The number of halogens is 1. The van der Waals surface area contributed by atoms with Gasteiger partial charge in [-0.3, -0.25) is 4.79 Å². The molecule has 0 radical (unpaired) electrons. The molecule has 0 spiro atoms. The molecule has 22 heavy (non-hydrogen) atoms. The summed E-state index contributed by atoms with van der Waals surface area (Å²) >= 11 is 0. The van der Waals surface area contributed by atoms with Crippen LogP contribution in [0.2, 0.25) is 0 Å². The van der Waals surface area contributed by atoms with E-state index in [1.807, 2.05) is 24.3 Å². The molecule has 3 atom stereocenters. The number of methoxy groups -OCH3 is 1. The molecule has 1 saturated heterocycles. The van der Waals surface area contributed by atoms with Gasteiger partial charge < -0.3 is 15.4 Å². The molecule has 1 fully saturated rings. The van der Waals surface area contributed by atoms with Crippen LogP contribution in [-0.4, -0.2) is 31.6 Å². The van der Waals surface area contributed by atoms with Crippen LogP contribution in [0, 0.1) is 0 Å². The van der Waals surface area contributed by atoms with Gasteiger partial charge in [-0.25, -0.2) is 0 Å². The number of benzene rings is 1. The summed E-state index contributed by atoms with van der Waals surface area (Å²) in [6.07, 6.45) is 2.55. The van der Waals surface area contributed by atoms with E-state index < -0.39 is 0 Å². The third-order valence-electron chi connectivity index (χ3n) is 4.14. The lowest BCUT2D eigenvalue weighted by molar-refractivity contribution is -0.122. The maximum atomic E-state index is 12.2. The number of rotatable bonds is 5. The third kappa shape index (κ3) is 5.50. The minimum atomic E-state index is 0. The average molecular weight is 327 g/mol. The van der Waals surface area contributed by atoms with Gasteiger partial charge in [0.25, 0.3) is 0 Å². The molecule has 1 amide bonds. The van der Waals surface area contributed by atoms with Crippen molar-refractivity contribution in [2.45, 2.75) is 51.1 Å². The maximum absolute atomic E-state index is 12.2. The number of ether oxygens (including phenoxy) is 1. The van der Waals surface area contributed by atoms with Crippen molar-refractivity contribution in [1.29, 1.82) is 0 Å². The molecule has 1 aliphatic rings. The molecule has 124 valence electrons. The smallest absolute Gasteiger partial charge is 0.220 e. The van der Waals surface area contributed by atoms with Crippen LogP contribution in [0.5, 0.6) is 5.75 Å². The molecular formula is C17H27ClN2O2. The van der Waals surface area contributed by atoms with Gasteiger partial charge in [0.15, 0.2) is 0 Å². The van der Waals surface area contributed by atoms with E-state index in [0.29, 0.717) is 18.5 Å². The van der Waals surface area contributed by atoms with Crippen LogP contribution in [0.1, 0.15) is 44.6 Å². The molecule has 5 heteroatoms. The molecule has 2 rings (SSSR count). The topological polar surface area (TPSA) is 50.4 Å². The standard InChI is InChI=1S/C17H26N2O2.ClH/c1-12(14-5-4-6-16(11-14)21-3)9-17(20)19-15-7-8-18-13(2)10-15;/h4-6,11-13,15,18H,7-10H2,1-3H3,(H,19,20);1H. The molecule has 0 bridgehead atoms. The molecular weight excluding hydrogens is 300 g/mol. The van der Waals surface area contributed by atoms with Crippen LogP contribution in [0.15, 0.2) is 24.3 Å². The van der Waals surface area contributed by atoms with Crippen LogP contribution in [0.4, 0.5) is 0 Å². The van der Waals surface area contributed by atoms with E-state index in [2.05, 4.69) is 24.5 Å². The van der Waals surface area contributed by atoms with Crippen LogP contribution < -0.4 is 15.4 Å². The number of hydrogen-bond donors (Lipinski definition) is 2. The first-order valence-corrected chi connectivity index (χ1v) is 7.75. The number of hydrogen-bond acceptors (Lipinski definition) is 3. The van der Waals surface area contributed by atoms with Crippen molar-refractivity contribution >= 4 is 18.3 Å². The highest BCUT2D eigenvalue weighted by molar-refractivity contribution is 5.85. The first-order valence-electron chi connectivity index (χ1n) is 7.75. The minimum Gasteiger partial charge on any atom is -0.497 e. The predicted octanol–water partition coefficient (Wildman–Crippen LogP) is 2.87. The van der Waals surface area contributed by atoms with E-state index in [1.165, 1.54) is 0 Å². The van der Waals surface area contributed by atoms with Crippen molar-refractivity contribution in [2.75, 3.05) is 13.7 Å². The molecule has 1 aromatic rings. The monoisotopic (exact) mass is 326 g/mol. The number of piperidine rings is 1. The molecule has 0 aromatic heterocycles. The molecule has 1 aliphatic heterocycles. The molecule has 4 nitrogen and oxygen atoms in total. The summed E-state index contributed by atoms with van der Waals surface area (Å²) in [5.74, 6) is 1.18. The largest absolute Gasteiger partial charge is 0.497 e. The summed E-state index contributed by atoms with van der Waals surface area (Å²) in [7, 11) is 1.66. The highest BCUT2D eigenvalue weighted by Crippen LogP contribution is 2.23. The summed E-state index contributed by atoms with van der Waals surface area (Å²) in [6.45, 7) is 5.23. The first kappa shape index (κ1) is 18.8. The lowest BCUT2D eigenvalue weighted by atomic mass is 9.96. The molecule has 3 unspecified atom stereocenters. The van der Waals surface area contributed by atoms with Crippen molar-refractivity contribution in [3.8, 4) is 5.75 Å². The Morgan fingerprint density at radius 3 is 2.95 bits per heavy atom. The highest BCUT2D eigenvalue weighted by atomic mass is 35.5. The van der Waals surface area contributed by atoms with Gasteiger partial charge in [-0.05, 0) is 49.9 Å². The number of nitrogens with one attached hydrogen (secondary N) is 2. The second-order valence-electron chi connectivity index (χ2n) is 6.03. The third-order valence-corrected chi connectivity index (χ3v) is 4.14. The van der Waals surface area contributed by atoms with Gasteiger partial charge in [0.2, 0.25) is 5.91 Å². The van der Waals surface area contributed by atoms with Gasteiger partial charge in [0.1, 0.15) is 5.75 Å². The fraction of sp³-hybridized carbons (Fsp3) is 0.588. The Kier molecular flexibility index (Phi) is 7.69. The number of carbonyl (C=O) groups is 1. The number of carbonyl (C=O) groups excluding carboxylic acids is 1. The predicted molar refractivity (Wildman–Crippen MR) is 91.9 cm³/mol.